The van der Waals surface area contributed by atoms with Crippen molar-refractivity contribution in [3.63, 3.8) is 0 Å². The molecule has 0 bridgehead atoms. The molecule has 0 amide bonds. The molecule has 24 heteroatoms. The Morgan fingerprint density at radius 1 is 0.460 bits per heavy atom. The van der Waals surface area contributed by atoms with Gasteiger partial charge in [-0.25, -0.2) is 51.7 Å². The third-order valence-corrected chi connectivity index (χ3v) is 19.5. The molecule has 1 unspecified atom stereocenters. The lowest BCUT2D eigenvalue weighted by molar-refractivity contribution is 0.0373. The quantitative estimate of drug-likeness (QED) is 0.0447. The Labute approximate surface area is 490 Å². The van der Waals surface area contributed by atoms with E-state index in [2.05, 4.69) is 26.7 Å². The molecule has 1 atom stereocenters. The number of sulfone groups is 1. The summed E-state index contributed by atoms with van der Waals surface area (Å²) in [7, 11) is -6.06. The molecule has 402 valence electrons. The van der Waals surface area contributed by atoms with Gasteiger partial charge in [0, 0.05) is 64.0 Å². The molecule has 0 aliphatic carbocycles. The van der Waals surface area contributed by atoms with Crippen LogP contribution in [-0.2, 0) is 30.1 Å². The Morgan fingerprint density at radius 3 is 1.54 bits per heavy atom. The maximum Gasteiger partial charge on any atom is 0.346 e. The molecule has 4 aliphatic heterocycles. The summed E-state index contributed by atoms with van der Waals surface area (Å²) < 4.78 is 55.9. The number of nitriles is 6. The monoisotopic (exact) mass is 1190 g/mol. The van der Waals surface area contributed by atoms with Crippen molar-refractivity contribution >= 4 is 136 Å². The molecular weight excluding hydrogens is 1170 g/mol. The van der Waals surface area contributed by atoms with Gasteiger partial charge in [-0.3, -0.25) is 4.21 Å². The molecule has 0 spiro atoms. The summed E-state index contributed by atoms with van der Waals surface area (Å²) in [6.07, 6.45) is 0. The minimum absolute atomic E-state index is 0.00423. The number of carbonyl (C=O) groups is 4. The third-order valence-electron chi connectivity index (χ3n) is 14.9. The van der Waals surface area contributed by atoms with E-state index >= 15 is 0 Å². The number of carbonyl (C=O) groups excluding carboxylic acids is 4. The van der Waals surface area contributed by atoms with Gasteiger partial charge in [0.05, 0.1) is 153 Å². The van der Waals surface area contributed by atoms with Crippen LogP contribution < -0.4 is 11.3 Å². The smallest absolute Gasteiger partial charge is 0.346 e. The van der Waals surface area contributed by atoms with E-state index in [1.54, 1.807) is 18.2 Å². The molecule has 0 radical (unpaired) electrons. The second-order valence-corrected chi connectivity index (χ2v) is 23.4. The first-order valence-corrected chi connectivity index (χ1v) is 28.0. The van der Waals surface area contributed by atoms with Gasteiger partial charge in [0.1, 0.15) is 0 Å². The predicted octanol–water partition coefficient (Wildman–Crippen LogP) is 11.3. The molecule has 9 aromatic carbocycles. The SMILES string of the molecule is [C-]#[N+]c1cc2c(=O)oc(=O)c3cc(C#N)c4c5cc(C#N)ccc5sc1c4c23.[C-]#[N+]c1cc2c3c(cc(C#N)c4c3c1S(=O)(=O)c1ccc(C#N)cc1-4)C(=O)OC2=O.[C-]#[N+]c1cc2c3c(cc(C#N)c4c3c1S(=O)c1ccc(C#N)cc1-4)C(=O)OC2=O. The number of ether oxygens (including phenoxy) is 2. The van der Waals surface area contributed by atoms with Crippen LogP contribution in [-0.4, -0.2) is 36.5 Å². The number of fused-ring (bicyclic) bond motifs is 6. The predicted molar refractivity (Wildman–Crippen MR) is 306 cm³/mol. The van der Waals surface area contributed by atoms with Crippen LogP contribution >= 0.6 is 11.3 Å². The topological polar surface area (TPSA) is 341 Å². The van der Waals surface area contributed by atoms with Crippen LogP contribution in [0.15, 0.2) is 125 Å². The van der Waals surface area contributed by atoms with Crippen LogP contribution in [0.5, 0.6) is 0 Å². The molecule has 6 heterocycles. The Hall–Kier alpha value is -13.1. The molecular formula is C63H15N9O12S3. The van der Waals surface area contributed by atoms with Crippen LogP contribution in [0, 0.1) is 87.7 Å². The van der Waals surface area contributed by atoms with Crippen molar-refractivity contribution in [1.82, 2.24) is 0 Å². The summed E-state index contributed by atoms with van der Waals surface area (Å²) in [6.45, 7) is 22.5. The fourth-order valence-electron chi connectivity index (χ4n) is 11.4. The van der Waals surface area contributed by atoms with E-state index in [4.69, 9.17) is 33.6 Å². The first-order valence-electron chi connectivity index (χ1n) is 24.5. The van der Waals surface area contributed by atoms with Crippen molar-refractivity contribution in [3.8, 4) is 58.7 Å². The standard InChI is InChI=1S/C21H5N3O5S.C21H5N3O4S.C21H5N3O3S/c1-24-14-6-13-17-12(20(25)29-21(13)26)5-10(8-23)16-11-4-9(7-22)2-3-15(11)30(27,28)19(14)18(16)17;1-24-14-6-13-17-12(20(25)28-21(13)26)5-10(8-23)16-11-4-9(7-22)2-3-15(11)29(27)19(14)18(16)17;1-24-14-6-13-17-12(20(25)27-21(13)26)5-10(8-23)16-11-4-9(7-22)2-3-15(11)28-19(14)18(16)17/h2-6H;2-6H;2-6H. The zero-order valence-electron chi connectivity index (χ0n) is 42.8. The summed E-state index contributed by atoms with van der Waals surface area (Å²) in [6, 6.07) is 33.4. The maximum atomic E-state index is 13.4. The fraction of sp³-hybridized carbons (Fsp3) is 0. The maximum absolute atomic E-state index is 13.4. The minimum Gasteiger partial charge on any atom is -0.386 e. The van der Waals surface area contributed by atoms with Crippen LogP contribution in [0.4, 0.5) is 17.1 Å². The van der Waals surface area contributed by atoms with E-state index in [0.717, 1.165) is 10.8 Å². The summed E-state index contributed by atoms with van der Waals surface area (Å²) >= 11 is 1.32. The molecule has 21 nitrogen and oxygen atoms in total. The highest BCUT2D eigenvalue weighted by atomic mass is 32.2. The van der Waals surface area contributed by atoms with Gasteiger partial charge in [0.15, 0.2) is 9.84 Å². The van der Waals surface area contributed by atoms with Crippen molar-refractivity contribution in [3.05, 3.63) is 202 Å². The van der Waals surface area contributed by atoms with Crippen LogP contribution in [0.3, 0.4) is 0 Å². The lowest BCUT2D eigenvalue weighted by Crippen LogP contribution is -2.22. The second-order valence-electron chi connectivity index (χ2n) is 19.2. The van der Waals surface area contributed by atoms with Crippen molar-refractivity contribution in [2.75, 3.05) is 0 Å². The van der Waals surface area contributed by atoms with Crippen LogP contribution in [0.1, 0.15) is 74.8 Å². The highest BCUT2D eigenvalue weighted by Crippen LogP contribution is 2.54. The summed E-state index contributed by atoms with van der Waals surface area (Å²) in [5.74, 6) is -3.83. The number of rotatable bonds is 0. The number of hydrogen-bond acceptors (Lipinski definition) is 19. The van der Waals surface area contributed by atoms with Gasteiger partial charge < -0.3 is 13.9 Å². The zero-order chi connectivity index (χ0) is 61.4. The Bertz CT molecular complexity index is 6010. The zero-order valence-corrected chi connectivity index (χ0v) is 45.3. The number of nitrogens with zero attached hydrogens (tertiary/aromatic N) is 9. The number of cyclic esters (lactones) is 4. The first-order chi connectivity index (χ1) is 41.9. The Balaban J connectivity index is 0.000000121. The van der Waals surface area contributed by atoms with E-state index in [-0.39, 0.29) is 120 Å². The van der Waals surface area contributed by atoms with Crippen LogP contribution in [0.2, 0.25) is 0 Å². The van der Waals surface area contributed by atoms with Crippen molar-refractivity contribution < 1.29 is 45.7 Å². The minimum atomic E-state index is -4.25. The average molecular weight is 1190 g/mol. The average Bonchev–Trinajstić information content (AvgIpc) is 0.742. The van der Waals surface area contributed by atoms with E-state index in [9.17, 15) is 73.0 Å². The molecule has 0 saturated carbocycles. The summed E-state index contributed by atoms with van der Waals surface area (Å²) in [4.78, 5) is 84.2. The van der Waals surface area contributed by atoms with Gasteiger partial charge in [0.25, 0.3) is 0 Å². The molecule has 4 aliphatic rings. The van der Waals surface area contributed by atoms with E-state index in [1.807, 2.05) is 24.3 Å². The Kier molecular flexibility index (Phi) is 11.6. The highest BCUT2D eigenvalue weighted by Gasteiger charge is 2.41. The van der Waals surface area contributed by atoms with E-state index in [1.165, 1.54) is 78.1 Å². The summed E-state index contributed by atoms with van der Waals surface area (Å²) in [5.41, 5.74) is 0.206. The molecule has 11 aromatic rings. The molecule has 0 fully saturated rings. The van der Waals surface area contributed by atoms with Gasteiger partial charge in [-0.05, 0) is 102 Å². The fourth-order valence-corrected chi connectivity index (χ4v) is 15.8. The second kappa shape index (κ2) is 19.0. The molecule has 87 heavy (non-hydrogen) atoms. The van der Waals surface area contributed by atoms with Gasteiger partial charge in [-0.1, -0.05) is 0 Å². The van der Waals surface area contributed by atoms with Crippen LogP contribution in [0.25, 0.3) is 100 Å². The molecule has 0 saturated heterocycles. The number of esters is 4. The number of benzene rings is 9. The highest BCUT2D eigenvalue weighted by molar-refractivity contribution is 7.92. The number of hydrogen-bond donors (Lipinski definition) is 0. The normalized spacial score (nSPS) is 13.9. The van der Waals surface area contributed by atoms with Gasteiger partial charge >= 0.3 is 35.1 Å². The molecule has 0 N–H and O–H groups in total. The van der Waals surface area contributed by atoms with Crippen molar-refractivity contribution in [2.24, 2.45) is 0 Å². The van der Waals surface area contributed by atoms with E-state index < -0.39 is 55.8 Å². The molecule has 15 rings (SSSR count). The molecule has 2 aromatic heterocycles. The van der Waals surface area contributed by atoms with Gasteiger partial charge in [-0.15, -0.1) is 11.3 Å². The van der Waals surface area contributed by atoms with Gasteiger partial charge in [-0.2, -0.15) is 31.6 Å². The van der Waals surface area contributed by atoms with Crippen molar-refractivity contribution in [2.45, 2.75) is 19.6 Å². The first kappa shape index (κ1) is 53.2. The van der Waals surface area contributed by atoms with Gasteiger partial charge in [0.2, 0.25) is 17.1 Å². The largest absolute Gasteiger partial charge is 0.386 e. The lowest BCUT2D eigenvalue weighted by Gasteiger charge is -2.26. The van der Waals surface area contributed by atoms with E-state index in [0.29, 0.717) is 53.4 Å². The Morgan fingerprint density at radius 2 is 0.966 bits per heavy atom. The summed E-state index contributed by atoms with van der Waals surface area (Å²) in [5, 5.41) is 59.8. The lowest BCUT2D eigenvalue weighted by atomic mass is 9.86. The van der Waals surface area contributed by atoms with Crippen molar-refractivity contribution in [1.29, 1.82) is 31.6 Å². The third kappa shape index (κ3) is 7.31.